The van der Waals surface area contributed by atoms with E-state index in [9.17, 15) is 4.79 Å². The molecule has 0 aromatic heterocycles. The smallest absolute Gasteiger partial charge is 0.253 e. The maximum absolute atomic E-state index is 12.3. The van der Waals surface area contributed by atoms with Crippen LogP contribution in [0.5, 0.6) is 0 Å². The van der Waals surface area contributed by atoms with E-state index in [0.717, 1.165) is 12.0 Å². The minimum absolute atomic E-state index is 0.0399. The van der Waals surface area contributed by atoms with Crippen LogP contribution in [-0.4, -0.2) is 30.5 Å². The molecule has 1 amide bonds. The lowest BCUT2D eigenvalue weighted by atomic mass is 9.99. The third kappa shape index (κ3) is 3.14. The number of hydrogen-bond donors (Lipinski definition) is 0. The van der Waals surface area contributed by atoms with Crippen LogP contribution in [0.4, 0.5) is 0 Å². The number of hydrogen-bond acceptors (Lipinski definition) is 2. The molecule has 0 fully saturated rings. The molecule has 0 bridgehead atoms. The van der Waals surface area contributed by atoms with Gasteiger partial charge in [-0.2, -0.15) is 0 Å². The van der Waals surface area contributed by atoms with Crippen LogP contribution < -0.4 is 0 Å². The van der Waals surface area contributed by atoms with Crippen LogP contribution >= 0.6 is 0 Å². The third-order valence-electron chi connectivity index (χ3n) is 3.89. The first kappa shape index (κ1) is 13.8. The Morgan fingerprint density at radius 3 is 2.52 bits per heavy atom. The van der Waals surface area contributed by atoms with Crippen LogP contribution in [0.2, 0.25) is 0 Å². The monoisotopic (exact) mass is 281 g/mol. The minimum Gasteiger partial charge on any atom is -0.371 e. The zero-order chi connectivity index (χ0) is 14.7. The van der Waals surface area contributed by atoms with Crippen LogP contribution in [0.1, 0.15) is 21.5 Å². The fraction of sp³-hybridized carbons (Fsp3) is 0.278. The highest BCUT2D eigenvalue weighted by atomic mass is 16.5. The molecule has 0 saturated carbocycles. The summed E-state index contributed by atoms with van der Waals surface area (Å²) in [7, 11) is 1.83. The second kappa shape index (κ2) is 6.10. The maximum Gasteiger partial charge on any atom is 0.253 e. The zero-order valence-corrected chi connectivity index (χ0v) is 12.2. The van der Waals surface area contributed by atoms with E-state index in [0.29, 0.717) is 13.2 Å². The summed E-state index contributed by atoms with van der Waals surface area (Å²) in [5.41, 5.74) is 3.30. The number of benzene rings is 2. The summed E-state index contributed by atoms with van der Waals surface area (Å²) in [4.78, 5) is 14.1. The number of amides is 1. The molecule has 1 aliphatic rings. The highest BCUT2D eigenvalue weighted by molar-refractivity contribution is 5.94. The topological polar surface area (TPSA) is 29.5 Å². The normalized spacial score (nSPS) is 17.1. The molecule has 2 aromatic rings. The van der Waals surface area contributed by atoms with E-state index in [-0.39, 0.29) is 12.0 Å². The molecular formula is C18H19NO2. The van der Waals surface area contributed by atoms with Crippen molar-refractivity contribution in [2.75, 3.05) is 13.6 Å². The van der Waals surface area contributed by atoms with Gasteiger partial charge in [0.05, 0.1) is 12.7 Å². The molecule has 21 heavy (non-hydrogen) atoms. The average molecular weight is 281 g/mol. The number of fused-ring (bicyclic) bond motifs is 1. The molecule has 3 heteroatoms. The Morgan fingerprint density at radius 2 is 1.76 bits per heavy atom. The van der Waals surface area contributed by atoms with Gasteiger partial charge in [-0.25, -0.2) is 0 Å². The quantitative estimate of drug-likeness (QED) is 0.865. The Labute approximate surface area is 125 Å². The van der Waals surface area contributed by atoms with Crippen LogP contribution in [0.3, 0.4) is 0 Å². The van der Waals surface area contributed by atoms with Crippen molar-refractivity contribution in [2.24, 2.45) is 0 Å². The molecule has 0 N–H and O–H groups in total. The molecule has 3 rings (SSSR count). The predicted octanol–water partition coefficient (Wildman–Crippen LogP) is 2.90. The Balaban J connectivity index is 1.64. The minimum atomic E-state index is 0.0399. The summed E-state index contributed by atoms with van der Waals surface area (Å²) in [6.45, 7) is 1.25. The fourth-order valence-corrected chi connectivity index (χ4v) is 2.72. The highest BCUT2D eigenvalue weighted by Crippen LogP contribution is 2.21. The number of likely N-dealkylation sites (N-methyl/N-ethyl adjacent to an activating group) is 1. The van der Waals surface area contributed by atoms with Crippen LogP contribution in [-0.2, 0) is 17.8 Å². The standard InChI is InChI=1S/C18H19NO2/c1-19(18(20)14-7-3-2-4-8-14)12-17-11-15-9-5-6-10-16(15)13-21-17/h2-10,17H,11-13H2,1H3. The Bertz CT molecular complexity index is 624. The number of carbonyl (C=O) groups is 1. The van der Waals surface area contributed by atoms with Gasteiger partial charge in [0, 0.05) is 25.6 Å². The zero-order valence-electron chi connectivity index (χ0n) is 12.2. The molecule has 0 saturated heterocycles. The molecule has 1 atom stereocenters. The van der Waals surface area contributed by atoms with Crippen molar-refractivity contribution >= 4 is 5.91 Å². The molecule has 2 aromatic carbocycles. The summed E-state index contributed by atoms with van der Waals surface area (Å²) in [6.07, 6.45) is 0.931. The molecule has 0 spiro atoms. The van der Waals surface area contributed by atoms with Crippen molar-refractivity contribution in [3.63, 3.8) is 0 Å². The van der Waals surface area contributed by atoms with Crippen LogP contribution in [0, 0.1) is 0 Å². The van der Waals surface area contributed by atoms with Gasteiger partial charge in [0.15, 0.2) is 0 Å². The van der Waals surface area contributed by atoms with Gasteiger partial charge >= 0.3 is 0 Å². The van der Waals surface area contributed by atoms with Crippen molar-refractivity contribution in [1.82, 2.24) is 4.90 Å². The van der Waals surface area contributed by atoms with Gasteiger partial charge < -0.3 is 9.64 Å². The second-order valence-electron chi connectivity index (χ2n) is 5.46. The van der Waals surface area contributed by atoms with Gasteiger partial charge in [-0.1, -0.05) is 42.5 Å². The molecule has 1 heterocycles. The molecular weight excluding hydrogens is 262 g/mol. The average Bonchev–Trinajstić information content (AvgIpc) is 2.55. The molecule has 0 radical (unpaired) electrons. The van der Waals surface area contributed by atoms with Gasteiger partial charge in [0.1, 0.15) is 0 Å². The lowest BCUT2D eigenvalue weighted by Gasteiger charge is -2.29. The van der Waals surface area contributed by atoms with Crippen molar-refractivity contribution in [1.29, 1.82) is 0 Å². The summed E-state index contributed by atoms with van der Waals surface area (Å²) in [6, 6.07) is 17.7. The molecule has 1 aliphatic heterocycles. The number of carbonyl (C=O) groups excluding carboxylic acids is 1. The van der Waals surface area contributed by atoms with Gasteiger partial charge in [0.2, 0.25) is 0 Å². The maximum atomic E-state index is 12.3. The predicted molar refractivity (Wildman–Crippen MR) is 82.1 cm³/mol. The molecule has 0 aliphatic carbocycles. The second-order valence-corrected chi connectivity index (χ2v) is 5.46. The van der Waals surface area contributed by atoms with Crippen molar-refractivity contribution in [3.8, 4) is 0 Å². The lowest BCUT2D eigenvalue weighted by Crippen LogP contribution is -2.38. The van der Waals surface area contributed by atoms with Gasteiger partial charge in [-0.05, 0) is 23.3 Å². The Morgan fingerprint density at radius 1 is 1.10 bits per heavy atom. The van der Waals surface area contributed by atoms with E-state index in [4.69, 9.17) is 4.74 Å². The van der Waals surface area contributed by atoms with Crippen molar-refractivity contribution in [2.45, 2.75) is 19.1 Å². The first-order valence-electron chi connectivity index (χ1n) is 7.23. The first-order valence-corrected chi connectivity index (χ1v) is 7.23. The van der Waals surface area contributed by atoms with E-state index >= 15 is 0 Å². The number of ether oxygens (including phenoxy) is 1. The van der Waals surface area contributed by atoms with Gasteiger partial charge in [-0.15, -0.1) is 0 Å². The number of nitrogens with zero attached hydrogens (tertiary/aromatic N) is 1. The lowest BCUT2D eigenvalue weighted by molar-refractivity contribution is 0.00985. The van der Waals surface area contributed by atoms with E-state index in [2.05, 4.69) is 18.2 Å². The highest BCUT2D eigenvalue weighted by Gasteiger charge is 2.22. The summed E-state index contributed by atoms with van der Waals surface area (Å²) in [5.74, 6) is 0.0399. The summed E-state index contributed by atoms with van der Waals surface area (Å²) in [5, 5.41) is 0. The number of rotatable bonds is 3. The van der Waals surface area contributed by atoms with E-state index in [1.807, 2.05) is 43.4 Å². The SMILES string of the molecule is CN(CC1Cc2ccccc2CO1)C(=O)c1ccccc1. The third-order valence-corrected chi connectivity index (χ3v) is 3.89. The molecule has 3 nitrogen and oxygen atoms in total. The molecule has 108 valence electrons. The van der Waals surface area contributed by atoms with Gasteiger partial charge in [-0.3, -0.25) is 4.79 Å². The van der Waals surface area contributed by atoms with Crippen LogP contribution in [0.15, 0.2) is 54.6 Å². The van der Waals surface area contributed by atoms with Gasteiger partial charge in [0.25, 0.3) is 5.91 Å². The fourth-order valence-electron chi connectivity index (χ4n) is 2.72. The summed E-state index contributed by atoms with van der Waals surface area (Å²) >= 11 is 0. The molecule has 1 unspecified atom stereocenters. The van der Waals surface area contributed by atoms with Crippen molar-refractivity contribution < 1.29 is 9.53 Å². The van der Waals surface area contributed by atoms with Crippen molar-refractivity contribution in [3.05, 3.63) is 71.3 Å². The largest absolute Gasteiger partial charge is 0.371 e. The first-order chi connectivity index (χ1) is 10.2. The Hall–Kier alpha value is -2.13. The summed E-state index contributed by atoms with van der Waals surface area (Å²) < 4.78 is 5.87. The van der Waals surface area contributed by atoms with Crippen LogP contribution in [0.25, 0.3) is 0 Å². The Kier molecular flexibility index (Phi) is 4.02. The van der Waals surface area contributed by atoms with E-state index in [1.54, 1.807) is 4.90 Å². The van der Waals surface area contributed by atoms with E-state index in [1.165, 1.54) is 11.1 Å². The van der Waals surface area contributed by atoms with E-state index < -0.39 is 0 Å².